The number of thiophene rings is 2. The number of hydrogen-bond acceptors (Lipinski definition) is 5. The number of hydrogen-bond donors (Lipinski definition) is 0. The van der Waals surface area contributed by atoms with Gasteiger partial charge in [0.1, 0.15) is 0 Å². The minimum Gasteiger partial charge on any atom is -0.334 e. The van der Waals surface area contributed by atoms with Gasteiger partial charge in [-0.15, -0.1) is 22.7 Å². The average Bonchev–Trinajstić information content (AvgIpc) is 1.69. The summed E-state index contributed by atoms with van der Waals surface area (Å²) in [6, 6.07) is 53.3. The Bertz CT molecular complexity index is 4650. The summed E-state index contributed by atoms with van der Waals surface area (Å²) in [5.41, 5.74) is 26.3. The van der Waals surface area contributed by atoms with Crippen LogP contribution in [0.25, 0.3) is 40.3 Å². The van der Waals surface area contributed by atoms with Gasteiger partial charge in [-0.1, -0.05) is 170 Å². The second-order valence-corrected chi connectivity index (χ2v) is 34.2. The summed E-state index contributed by atoms with van der Waals surface area (Å²) in [6.07, 6.45) is 9.46. The van der Waals surface area contributed by atoms with Crippen molar-refractivity contribution in [3.63, 3.8) is 0 Å². The highest BCUT2D eigenvalue weighted by Gasteiger charge is 2.59. The molecule has 8 aromatic carbocycles. The van der Waals surface area contributed by atoms with Crippen LogP contribution in [0.3, 0.4) is 0 Å². The van der Waals surface area contributed by atoms with Crippen molar-refractivity contribution in [2.45, 2.75) is 199 Å². The lowest BCUT2D eigenvalue weighted by Gasteiger charge is -2.51. The zero-order chi connectivity index (χ0) is 58.8. The molecule has 18 rings (SSSR count). The fraction of sp³-hybridized carbons (Fsp3) is 0.392. The quantitative estimate of drug-likeness (QED) is 0.160. The Balaban J connectivity index is 1.07. The van der Waals surface area contributed by atoms with E-state index in [4.69, 9.17) is 0 Å². The van der Waals surface area contributed by atoms with Crippen LogP contribution in [0.4, 0.5) is 45.5 Å². The smallest absolute Gasteiger partial charge is 0.252 e. The summed E-state index contributed by atoms with van der Waals surface area (Å²) < 4.78 is 5.45. The molecule has 2 atom stereocenters. The summed E-state index contributed by atoms with van der Waals surface area (Å²) in [7, 11) is 0. The lowest BCUT2D eigenvalue weighted by molar-refractivity contribution is 0.195. The molecule has 0 N–H and O–H groups in total. The van der Waals surface area contributed by atoms with Gasteiger partial charge >= 0.3 is 0 Å². The summed E-state index contributed by atoms with van der Waals surface area (Å²) in [6.45, 7) is 37.5. The normalized spacial score (nSPS) is 23.1. The van der Waals surface area contributed by atoms with E-state index in [1.807, 2.05) is 22.7 Å². The minimum absolute atomic E-state index is 0.00747. The van der Waals surface area contributed by atoms with Crippen molar-refractivity contribution in [1.82, 2.24) is 0 Å². The van der Waals surface area contributed by atoms with E-state index >= 15 is 0 Å². The predicted octanol–water partition coefficient (Wildman–Crippen LogP) is 20.9. The fourth-order valence-electron chi connectivity index (χ4n) is 18.4. The molecule has 5 aliphatic heterocycles. The maximum absolute atomic E-state index is 2.90. The Morgan fingerprint density at radius 1 is 0.435 bits per heavy atom. The molecule has 0 amide bonds. The topological polar surface area (TPSA) is 9.72 Å². The number of anilines is 8. The van der Waals surface area contributed by atoms with Gasteiger partial charge in [0.2, 0.25) is 0 Å². The second kappa shape index (κ2) is 16.6. The van der Waals surface area contributed by atoms with Gasteiger partial charge in [-0.2, -0.15) is 0 Å². The van der Waals surface area contributed by atoms with Crippen LogP contribution in [0, 0.1) is 0 Å². The maximum atomic E-state index is 2.90. The Labute approximate surface area is 513 Å². The maximum Gasteiger partial charge on any atom is 0.252 e. The summed E-state index contributed by atoms with van der Waals surface area (Å²) in [4.78, 5) is 8.57. The summed E-state index contributed by atoms with van der Waals surface area (Å²) in [5.74, 6) is 0. The van der Waals surface area contributed by atoms with Crippen LogP contribution in [-0.2, 0) is 37.9 Å². The molecule has 428 valence electrons. The Morgan fingerprint density at radius 3 is 1.81 bits per heavy atom. The molecule has 1 saturated carbocycles. The largest absolute Gasteiger partial charge is 0.334 e. The Kier molecular flexibility index (Phi) is 10.4. The van der Waals surface area contributed by atoms with Crippen molar-refractivity contribution < 1.29 is 0 Å². The Hall–Kier alpha value is -6.34. The van der Waals surface area contributed by atoms with E-state index in [9.17, 15) is 0 Å². The summed E-state index contributed by atoms with van der Waals surface area (Å²) >= 11 is 3.97. The molecule has 2 unspecified atom stereocenters. The van der Waals surface area contributed by atoms with Gasteiger partial charge in [0.15, 0.2) is 0 Å². The van der Waals surface area contributed by atoms with Crippen LogP contribution in [0.2, 0.25) is 0 Å². The second-order valence-electron chi connectivity index (χ2n) is 32.1. The molecule has 85 heavy (non-hydrogen) atoms. The molecule has 10 aromatic rings. The first-order chi connectivity index (χ1) is 40.2. The van der Waals surface area contributed by atoms with E-state index in [1.54, 1.807) is 0 Å². The van der Waals surface area contributed by atoms with Gasteiger partial charge < -0.3 is 14.7 Å². The first-order valence-electron chi connectivity index (χ1n) is 32.2. The first-order valence-corrected chi connectivity index (χ1v) is 33.9. The van der Waals surface area contributed by atoms with Crippen molar-refractivity contribution in [3.05, 3.63) is 172 Å². The van der Waals surface area contributed by atoms with Crippen LogP contribution in [0.5, 0.6) is 0 Å². The number of fused-ring (bicyclic) bond motifs is 10. The van der Waals surface area contributed by atoms with Crippen molar-refractivity contribution in [2.24, 2.45) is 0 Å². The fourth-order valence-corrected chi connectivity index (χ4v) is 20.9. The van der Waals surface area contributed by atoms with Gasteiger partial charge in [0.25, 0.3) is 6.71 Å². The molecule has 3 nitrogen and oxygen atoms in total. The highest BCUT2D eigenvalue weighted by Crippen LogP contribution is 2.64. The number of benzene rings is 8. The van der Waals surface area contributed by atoms with Crippen LogP contribution < -0.4 is 31.1 Å². The van der Waals surface area contributed by atoms with Crippen LogP contribution >= 0.6 is 22.7 Å². The molecule has 2 aromatic heterocycles. The van der Waals surface area contributed by atoms with Gasteiger partial charge in [-0.3, -0.25) is 0 Å². The lowest BCUT2D eigenvalue weighted by atomic mass is 9.33. The van der Waals surface area contributed by atoms with E-state index in [0.717, 1.165) is 12.8 Å². The third-order valence-corrected chi connectivity index (χ3v) is 26.4. The Morgan fingerprint density at radius 2 is 1.07 bits per heavy atom. The van der Waals surface area contributed by atoms with Crippen molar-refractivity contribution in [3.8, 4) is 0 Å². The molecule has 0 saturated heterocycles. The highest BCUT2D eigenvalue weighted by atomic mass is 32.1. The van der Waals surface area contributed by atoms with E-state index in [0.29, 0.717) is 0 Å². The van der Waals surface area contributed by atoms with E-state index < -0.39 is 0 Å². The molecule has 4 bridgehead atoms. The predicted molar refractivity (Wildman–Crippen MR) is 370 cm³/mol. The van der Waals surface area contributed by atoms with E-state index in [1.165, 1.54) is 185 Å². The van der Waals surface area contributed by atoms with Crippen molar-refractivity contribution in [1.29, 1.82) is 0 Å². The number of nitrogens with zero attached hydrogens (tertiary/aromatic N) is 3. The molecule has 3 aliphatic carbocycles. The van der Waals surface area contributed by atoms with Gasteiger partial charge in [-0.25, -0.2) is 0 Å². The lowest BCUT2D eigenvalue weighted by Crippen LogP contribution is -2.62. The first kappa shape index (κ1) is 52.9. The third-order valence-electron chi connectivity index (χ3n) is 24.1. The monoisotopic (exact) mass is 1150 g/mol. The van der Waals surface area contributed by atoms with Gasteiger partial charge in [0.05, 0.1) is 16.9 Å². The highest BCUT2D eigenvalue weighted by molar-refractivity contribution is 7.26. The summed E-state index contributed by atoms with van der Waals surface area (Å²) in [5, 5.41) is 5.48. The number of rotatable bonds is 2. The standard InChI is InChI=1S/C79H82BN3S2/c1-72(2,3)45-22-28-59-56(39-45)78(14)32-18-19-33-79(78,15)83(59)48-41-62-69-63(42-48)82-60-29-26-52(71-67(60)49-20-16-17-21-64(49)85-71)77(12,13)46-23-30-65-50(38-46)68-66(84-65)31-27-57(70(68)82)80(69)58-43-54-55(76(10,11)37-36-75(54,8)9)44-61(58)81(62)47-24-25-51-53(40-47)74(6,7)35-34-73(51,4)5/h16-17,20-31,38-44H,18-19,32-37H2,1-15H3. The van der Waals surface area contributed by atoms with Crippen molar-refractivity contribution >= 4 is 132 Å². The molecule has 7 heterocycles. The molecule has 0 radical (unpaired) electrons. The molecular weight excluding hydrogens is 1070 g/mol. The van der Waals surface area contributed by atoms with E-state index in [-0.39, 0.29) is 50.2 Å². The van der Waals surface area contributed by atoms with Crippen molar-refractivity contribution in [2.75, 3.05) is 14.7 Å². The molecular formula is C79H82BN3S2. The van der Waals surface area contributed by atoms with Gasteiger partial charge in [0, 0.05) is 85.3 Å². The average molecular weight is 1150 g/mol. The zero-order valence-corrected chi connectivity index (χ0v) is 54.6. The van der Waals surface area contributed by atoms with E-state index in [2.05, 4.69) is 246 Å². The minimum atomic E-state index is -0.257. The molecule has 1 fully saturated rings. The van der Waals surface area contributed by atoms with Crippen LogP contribution in [-0.4, -0.2) is 12.3 Å². The molecule has 8 aliphatic rings. The third kappa shape index (κ3) is 6.80. The van der Waals surface area contributed by atoms with Crippen LogP contribution in [0.15, 0.2) is 127 Å². The molecule has 0 spiro atoms. The SMILES string of the molecule is CC(C)(C)c1ccc2c(c1)C1(C)CCCCC1(C)N2c1cc2c3c(c1)N1c4c(ccc5sc6ccc(cc6c45)C(C)(C)c4ccc1c1c4sc4ccccc41)B3c1cc3c(cc1N2c1ccc2c(c1)C(C)(C)CCC2(C)C)C(C)(C)CCC3(C)C. The zero-order valence-electron chi connectivity index (χ0n) is 53.0. The molecule has 6 heteroatoms. The van der Waals surface area contributed by atoms with Crippen LogP contribution in [0.1, 0.15) is 200 Å². The van der Waals surface area contributed by atoms with Gasteiger partial charge in [-0.05, 0) is 200 Å².